The largest absolute Gasteiger partial charge is 0.392 e. The molecule has 0 aromatic rings. The molecule has 4 heteroatoms. The smallest absolute Gasteiger partial charge is 0.220 e. The van der Waals surface area contributed by atoms with Crippen molar-refractivity contribution < 1.29 is 9.90 Å². The number of nitrogens with two attached hydrogens (primary N) is 1. The molecular weight excluding hydrogens is 180 g/mol. The van der Waals surface area contributed by atoms with Crippen molar-refractivity contribution in [2.45, 2.75) is 38.7 Å². The van der Waals surface area contributed by atoms with Gasteiger partial charge in [0.05, 0.1) is 6.10 Å². The minimum absolute atomic E-state index is 0.0102. The molecule has 0 aromatic heterocycles. The van der Waals surface area contributed by atoms with Crippen molar-refractivity contribution in [1.29, 1.82) is 0 Å². The maximum atomic E-state index is 11.4. The zero-order valence-electron chi connectivity index (χ0n) is 8.75. The SMILES string of the molecule is C[C@@H](O)CNC(=O)CC1(CN)CCC1. The van der Waals surface area contributed by atoms with Gasteiger partial charge in [0, 0.05) is 13.0 Å². The van der Waals surface area contributed by atoms with Crippen molar-refractivity contribution in [2.75, 3.05) is 13.1 Å². The molecule has 0 radical (unpaired) electrons. The van der Waals surface area contributed by atoms with E-state index in [-0.39, 0.29) is 11.3 Å². The molecule has 1 atom stereocenters. The summed E-state index contributed by atoms with van der Waals surface area (Å²) in [4.78, 5) is 11.4. The second kappa shape index (κ2) is 4.75. The van der Waals surface area contributed by atoms with Gasteiger partial charge >= 0.3 is 0 Å². The monoisotopic (exact) mass is 200 g/mol. The van der Waals surface area contributed by atoms with E-state index in [9.17, 15) is 4.79 Å². The standard InChI is InChI=1S/C10H20N2O2/c1-8(13)6-12-9(14)5-10(7-11)3-2-4-10/h8,13H,2-7,11H2,1H3,(H,12,14)/t8-/m1/s1. The highest BCUT2D eigenvalue weighted by Crippen LogP contribution is 2.42. The topological polar surface area (TPSA) is 75.3 Å². The Hall–Kier alpha value is -0.610. The third kappa shape index (κ3) is 2.96. The first kappa shape index (κ1) is 11.5. The Balaban J connectivity index is 2.25. The van der Waals surface area contributed by atoms with Crippen molar-refractivity contribution in [2.24, 2.45) is 11.1 Å². The normalized spacial score (nSPS) is 21.1. The average molecular weight is 200 g/mol. The maximum Gasteiger partial charge on any atom is 0.220 e. The predicted molar refractivity (Wildman–Crippen MR) is 54.6 cm³/mol. The van der Waals surface area contributed by atoms with E-state index in [2.05, 4.69) is 5.32 Å². The number of hydrogen-bond donors (Lipinski definition) is 3. The van der Waals surface area contributed by atoms with Crippen molar-refractivity contribution >= 4 is 5.91 Å². The van der Waals surface area contributed by atoms with Crippen LogP contribution >= 0.6 is 0 Å². The molecule has 4 nitrogen and oxygen atoms in total. The minimum Gasteiger partial charge on any atom is -0.392 e. The van der Waals surface area contributed by atoms with Gasteiger partial charge in [0.2, 0.25) is 5.91 Å². The summed E-state index contributed by atoms with van der Waals surface area (Å²) in [6, 6.07) is 0. The fourth-order valence-electron chi connectivity index (χ4n) is 1.79. The van der Waals surface area contributed by atoms with Gasteiger partial charge in [-0.05, 0) is 31.7 Å². The Morgan fingerprint density at radius 3 is 2.64 bits per heavy atom. The molecule has 1 aliphatic rings. The van der Waals surface area contributed by atoms with Crippen LogP contribution in [0.25, 0.3) is 0 Å². The molecule has 0 aliphatic heterocycles. The molecule has 0 aromatic carbocycles. The van der Waals surface area contributed by atoms with Crippen LogP contribution in [0.5, 0.6) is 0 Å². The van der Waals surface area contributed by atoms with Crippen LogP contribution in [0, 0.1) is 5.41 Å². The lowest BCUT2D eigenvalue weighted by Crippen LogP contribution is -2.42. The zero-order chi connectivity index (χ0) is 10.6. The third-order valence-corrected chi connectivity index (χ3v) is 2.98. The van der Waals surface area contributed by atoms with Gasteiger partial charge in [0.15, 0.2) is 0 Å². The molecule has 0 unspecified atom stereocenters. The van der Waals surface area contributed by atoms with Crippen LogP contribution in [0.1, 0.15) is 32.6 Å². The van der Waals surface area contributed by atoms with Crippen molar-refractivity contribution in [1.82, 2.24) is 5.32 Å². The van der Waals surface area contributed by atoms with Crippen LogP contribution in [-0.2, 0) is 4.79 Å². The highest BCUT2D eigenvalue weighted by molar-refractivity contribution is 5.76. The first-order chi connectivity index (χ1) is 6.58. The molecule has 1 amide bonds. The van der Waals surface area contributed by atoms with Crippen molar-refractivity contribution in [3.8, 4) is 0 Å². The Morgan fingerprint density at radius 1 is 1.64 bits per heavy atom. The second-order valence-corrected chi connectivity index (χ2v) is 4.39. The van der Waals surface area contributed by atoms with Crippen molar-refractivity contribution in [3.05, 3.63) is 0 Å². The van der Waals surface area contributed by atoms with E-state index >= 15 is 0 Å². The van der Waals surface area contributed by atoms with Crippen molar-refractivity contribution in [3.63, 3.8) is 0 Å². The van der Waals surface area contributed by atoms with Crippen LogP contribution in [0.4, 0.5) is 0 Å². The highest BCUT2D eigenvalue weighted by atomic mass is 16.3. The van der Waals surface area contributed by atoms with Gasteiger partial charge in [-0.25, -0.2) is 0 Å². The quantitative estimate of drug-likeness (QED) is 0.585. The van der Waals surface area contributed by atoms with E-state index in [1.807, 2.05) is 0 Å². The number of hydrogen-bond acceptors (Lipinski definition) is 3. The summed E-state index contributed by atoms with van der Waals surface area (Å²) in [6.07, 6.45) is 3.34. The van der Waals surface area contributed by atoms with Crippen LogP contribution in [0.2, 0.25) is 0 Å². The zero-order valence-corrected chi connectivity index (χ0v) is 8.75. The summed E-state index contributed by atoms with van der Waals surface area (Å²) in [6.45, 7) is 2.58. The molecule has 14 heavy (non-hydrogen) atoms. The minimum atomic E-state index is -0.478. The van der Waals surface area contributed by atoms with Gasteiger partial charge in [-0.15, -0.1) is 0 Å². The molecular formula is C10H20N2O2. The second-order valence-electron chi connectivity index (χ2n) is 4.39. The van der Waals surface area contributed by atoms with Crippen LogP contribution in [0.3, 0.4) is 0 Å². The Bertz CT molecular complexity index is 195. The Morgan fingerprint density at radius 2 is 2.29 bits per heavy atom. The summed E-state index contributed by atoms with van der Waals surface area (Å²) in [5.74, 6) is 0.0102. The van der Waals surface area contributed by atoms with Gasteiger partial charge in [-0.1, -0.05) is 6.42 Å². The van der Waals surface area contributed by atoms with Gasteiger partial charge in [0.1, 0.15) is 0 Å². The van der Waals surface area contributed by atoms with E-state index in [0.717, 1.165) is 12.8 Å². The van der Waals surface area contributed by atoms with Crippen LogP contribution < -0.4 is 11.1 Å². The molecule has 1 aliphatic carbocycles. The molecule has 0 bridgehead atoms. The van der Waals surface area contributed by atoms with Gasteiger partial charge < -0.3 is 16.2 Å². The summed E-state index contributed by atoms with van der Waals surface area (Å²) in [5.41, 5.74) is 5.70. The number of aliphatic hydroxyl groups is 1. The van der Waals surface area contributed by atoms with E-state index in [1.54, 1.807) is 6.92 Å². The lowest BCUT2D eigenvalue weighted by molar-refractivity contribution is -0.125. The molecule has 1 rings (SSSR count). The number of aliphatic hydroxyl groups excluding tert-OH is 1. The summed E-state index contributed by atoms with van der Waals surface area (Å²) < 4.78 is 0. The van der Waals surface area contributed by atoms with Crippen LogP contribution in [0.15, 0.2) is 0 Å². The number of carbonyl (C=O) groups is 1. The molecule has 0 heterocycles. The third-order valence-electron chi connectivity index (χ3n) is 2.98. The van der Waals surface area contributed by atoms with E-state index < -0.39 is 6.10 Å². The molecule has 1 fully saturated rings. The maximum absolute atomic E-state index is 11.4. The van der Waals surface area contributed by atoms with Gasteiger partial charge in [0.25, 0.3) is 0 Å². The summed E-state index contributed by atoms with van der Waals surface area (Å²) in [5, 5.41) is 11.7. The van der Waals surface area contributed by atoms with E-state index in [4.69, 9.17) is 10.8 Å². The molecule has 0 spiro atoms. The fraction of sp³-hybridized carbons (Fsp3) is 0.900. The first-order valence-electron chi connectivity index (χ1n) is 5.23. The van der Waals surface area contributed by atoms with E-state index in [1.165, 1.54) is 6.42 Å². The number of rotatable bonds is 5. The molecule has 1 saturated carbocycles. The highest BCUT2D eigenvalue weighted by Gasteiger charge is 2.37. The number of nitrogens with one attached hydrogen (secondary N) is 1. The molecule has 82 valence electrons. The van der Waals surface area contributed by atoms with Crippen LogP contribution in [-0.4, -0.2) is 30.2 Å². The number of carbonyl (C=O) groups excluding carboxylic acids is 1. The molecule has 4 N–H and O–H groups in total. The predicted octanol–water partition coefficient (Wildman–Crippen LogP) is 0.00250. The first-order valence-corrected chi connectivity index (χ1v) is 5.23. The van der Waals surface area contributed by atoms with E-state index in [0.29, 0.717) is 19.5 Å². The lowest BCUT2D eigenvalue weighted by Gasteiger charge is -2.40. The van der Waals surface area contributed by atoms with Gasteiger partial charge in [-0.2, -0.15) is 0 Å². The molecule has 0 saturated heterocycles. The Labute approximate surface area is 84.9 Å². The number of amides is 1. The Kier molecular flexibility index (Phi) is 3.89. The van der Waals surface area contributed by atoms with Gasteiger partial charge in [-0.3, -0.25) is 4.79 Å². The summed E-state index contributed by atoms with van der Waals surface area (Å²) in [7, 11) is 0. The summed E-state index contributed by atoms with van der Waals surface area (Å²) >= 11 is 0. The fourth-order valence-corrected chi connectivity index (χ4v) is 1.79. The lowest BCUT2D eigenvalue weighted by atomic mass is 9.66. The average Bonchev–Trinajstić information content (AvgIpc) is 2.08.